The Morgan fingerprint density at radius 1 is 0.980 bits per heavy atom. The van der Waals surface area contributed by atoms with Gasteiger partial charge in [0.25, 0.3) is 0 Å². The standard InChI is InChI=1S/C41H58O10/c1-21-8-6-11-41(35(46)22(21)2)38(5,47)34-30(51-41)19-40(49)27-18-29(45)33-32-25-16-23(43)17-28(44)24(25)9-13-39(32,48)31(50-15-7-14-42)20-36(33,3)26(27)10-12-37(34,40)4/h16-18,21-22,26,30-35,42-44,46-49H,6-15,19-20H2,1-5H3/t21-,22+,26+,30+,31+,32-,33-,34+,35+,36-,37-,38-,39+,40-,41+/m1/s1. The number of aliphatic hydroxyl groups is 5. The lowest BCUT2D eigenvalue weighted by Crippen LogP contribution is -2.68. The molecule has 10 heteroatoms. The SMILES string of the molecule is C[C@H]1[C@H](C)CCC[C@]2(O[C@H]3C[C@@]4(O)C5=CC(=O)[C@@H]6[C@H]7c8cc(O)cc(O)c8CC[C@]7(O)[C@@H](OCCCO)C[C@]6(C)[C@H]5CC[C@]4(C)[C@H]3[C@@]2(C)O)[C@H]1O. The van der Waals surface area contributed by atoms with E-state index in [-0.39, 0.29) is 61.1 Å². The molecule has 0 radical (unpaired) electrons. The molecule has 0 unspecified atom stereocenters. The number of ketones is 1. The van der Waals surface area contributed by atoms with Gasteiger partial charge in [-0.05, 0) is 104 Å². The normalized spacial score (nSPS) is 51.5. The Labute approximate surface area is 300 Å². The minimum absolute atomic E-state index is 0.0655. The second kappa shape index (κ2) is 11.5. The Balaban J connectivity index is 1.22. The number of phenols is 2. The summed E-state index contributed by atoms with van der Waals surface area (Å²) in [5.74, 6) is -2.44. The first-order valence-electron chi connectivity index (χ1n) is 19.5. The van der Waals surface area contributed by atoms with Crippen LogP contribution in [0.2, 0.25) is 0 Å². The molecule has 282 valence electrons. The van der Waals surface area contributed by atoms with Crippen LogP contribution in [0, 0.1) is 40.4 Å². The van der Waals surface area contributed by atoms with E-state index in [1.165, 1.54) is 6.07 Å². The highest BCUT2D eigenvalue weighted by Gasteiger charge is 2.79. The highest BCUT2D eigenvalue weighted by molar-refractivity contribution is 5.96. The average molecular weight is 711 g/mol. The molecule has 8 rings (SSSR count). The first-order chi connectivity index (χ1) is 23.9. The summed E-state index contributed by atoms with van der Waals surface area (Å²) in [5.41, 5.74) is -5.33. The molecule has 5 fully saturated rings. The zero-order valence-corrected chi connectivity index (χ0v) is 30.8. The van der Waals surface area contributed by atoms with Crippen LogP contribution >= 0.6 is 0 Å². The summed E-state index contributed by atoms with van der Waals surface area (Å²) < 4.78 is 13.3. The Morgan fingerprint density at radius 3 is 2.45 bits per heavy atom. The average Bonchev–Trinajstić information content (AvgIpc) is 3.39. The monoisotopic (exact) mass is 710 g/mol. The largest absolute Gasteiger partial charge is 0.508 e. The molecular weight excluding hydrogens is 652 g/mol. The van der Waals surface area contributed by atoms with Gasteiger partial charge in [0.05, 0.1) is 35.1 Å². The number of carbonyl (C=O) groups is 1. The van der Waals surface area contributed by atoms with Crippen molar-refractivity contribution >= 4 is 5.78 Å². The molecule has 1 aliphatic heterocycles. The minimum atomic E-state index is -1.46. The van der Waals surface area contributed by atoms with E-state index in [1.807, 2.05) is 13.8 Å². The van der Waals surface area contributed by atoms with Crippen molar-refractivity contribution in [2.75, 3.05) is 13.2 Å². The number of allylic oxidation sites excluding steroid dienone is 1. The van der Waals surface area contributed by atoms with Crippen LogP contribution in [0.15, 0.2) is 23.8 Å². The van der Waals surface area contributed by atoms with Gasteiger partial charge in [0.2, 0.25) is 0 Å². The number of fused-ring (bicyclic) bond motifs is 11. The van der Waals surface area contributed by atoms with Crippen molar-refractivity contribution in [3.63, 3.8) is 0 Å². The molecule has 1 heterocycles. The van der Waals surface area contributed by atoms with Gasteiger partial charge in [-0.15, -0.1) is 0 Å². The second-order valence-corrected chi connectivity index (χ2v) is 18.5. The first-order valence-corrected chi connectivity index (χ1v) is 19.5. The quantitative estimate of drug-likeness (QED) is 0.226. The zero-order chi connectivity index (χ0) is 36.7. The molecule has 10 nitrogen and oxygen atoms in total. The van der Waals surface area contributed by atoms with E-state index >= 15 is 0 Å². The van der Waals surface area contributed by atoms with E-state index in [1.54, 1.807) is 19.1 Å². The van der Waals surface area contributed by atoms with Crippen LogP contribution in [0.25, 0.3) is 0 Å². The summed E-state index contributed by atoms with van der Waals surface area (Å²) in [4.78, 5) is 14.8. The van der Waals surface area contributed by atoms with Crippen LogP contribution in [-0.2, 0) is 20.7 Å². The third-order valence-electron chi connectivity index (χ3n) is 16.4. The summed E-state index contributed by atoms with van der Waals surface area (Å²) in [6.45, 7) is 10.2. The Morgan fingerprint density at radius 2 is 1.73 bits per heavy atom. The highest BCUT2D eigenvalue weighted by Crippen LogP contribution is 2.74. The zero-order valence-electron chi connectivity index (χ0n) is 30.8. The fourth-order valence-electron chi connectivity index (χ4n) is 13.6. The van der Waals surface area contributed by atoms with Crippen molar-refractivity contribution < 1.29 is 50.0 Å². The van der Waals surface area contributed by atoms with Gasteiger partial charge in [0, 0.05) is 48.9 Å². The summed E-state index contributed by atoms with van der Waals surface area (Å²) in [6.07, 6.45) is 4.58. The fourth-order valence-corrected chi connectivity index (χ4v) is 13.6. The maximum atomic E-state index is 14.8. The van der Waals surface area contributed by atoms with Crippen molar-refractivity contribution in [3.8, 4) is 11.5 Å². The Bertz CT molecular complexity index is 1640. The molecule has 1 saturated heterocycles. The van der Waals surface area contributed by atoms with E-state index < -0.39 is 69.3 Å². The summed E-state index contributed by atoms with van der Waals surface area (Å²) in [7, 11) is 0. The van der Waals surface area contributed by atoms with Crippen LogP contribution < -0.4 is 0 Å². The Kier molecular flexibility index (Phi) is 8.09. The number of phenolic OH excluding ortho intramolecular Hbond substituents is 2. The molecular formula is C41H58O10. The number of aliphatic hydroxyl groups excluding tert-OH is 2. The van der Waals surface area contributed by atoms with Gasteiger partial charge < -0.3 is 45.2 Å². The van der Waals surface area contributed by atoms with E-state index in [2.05, 4.69) is 13.8 Å². The number of hydrogen-bond acceptors (Lipinski definition) is 10. The van der Waals surface area contributed by atoms with E-state index in [4.69, 9.17) is 9.47 Å². The topological polar surface area (TPSA) is 177 Å². The van der Waals surface area contributed by atoms with Crippen LogP contribution in [0.5, 0.6) is 11.5 Å². The number of carbonyl (C=O) groups excluding carboxylic acids is 1. The van der Waals surface area contributed by atoms with E-state index in [0.29, 0.717) is 55.2 Å². The third kappa shape index (κ3) is 4.44. The van der Waals surface area contributed by atoms with Gasteiger partial charge in [-0.1, -0.05) is 40.5 Å². The van der Waals surface area contributed by atoms with Crippen molar-refractivity contribution in [2.24, 2.45) is 40.4 Å². The molecule has 4 saturated carbocycles. The molecule has 0 aromatic heterocycles. The van der Waals surface area contributed by atoms with Crippen LogP contribution in [0.1, 0.15) is 109 Å². The second-order valence-electron chi connectivity index (χ2n) is 18.5. The summed E-state index contributed by atoms with van der Waals surface area (Å²) in [5, 5.41) is 81.4. The van der Waals surface area contributed by atoms with E-state index in [9.17, 15) is 40.5 Å². The van der Waals surface area contributed by atoms with Crippen LogP contribution in [-0.4, -0.2) is 95.5 Å². The van der Waals surface area contributed by atoms with Gasteiger partial charge in [-0.25, -0.2) is 0 Å². The Hall–Kier alpha value is -2.05. The van der Waals surface area contributed by atoms with Gasteiger partial charge in [-0.2, -0.15) is 0 Å². The van der Waals surface area contributed by atoms with E-state index in [0.717, 1.165) is 12.8 Å². The minimum Gasteiger partial charge on any atom is -0.508 e. The molecule has 1 aromatic carbocycles. The molecule has 1 spiro atoms. The predicted octanol–water partition coefficient (Wildman–Crippen LogP) is 4.03. The lowest BCUT2D eigenvalue weighted by molar-refractivity contribution is -0.227. The third-order valence-corrected chi connectivity index (χ3v) is 16.4. The molecule has 0 bridgehead atoms. The predicted molar refractivity (Wildman–Crippen MR) is 187 cm³/mol. The summed E-state index contributed by atoms with van der Waals surface area (Å²) in [6, 6.07) is 2.86. The van der Waals surface area contributed by atoms with Crippen LogP contribution in [0.4, 0.5) is 0 Å². The smallest absolute Gasteiger partial charge is 0.160 e. The van der Waals surface area contributed by atoms with Gasteiger partial charge in [0.15, 0.2) is 5.78 Å². The number of aromatic hydroxyl groups is 2. The molecule has 1 aromatic rings. The number of ether oxygens (including phenoxy) is 2. The molecule has 7 N–H and O–H groups in total. The summed E-state index contributed by atoms with van der Waals surface area (Å²) >= 11 is 0. The maximum absolute atomic E-state index is 14.8. The van der Waals surface area contributed by atoms with Gasteiger partial charge in [-0.3, -0.25) is 4.79 Å². The molecule has 7 aliphatic rings. The van der Waals surface area contributed by atoms with Crippen LogP contribution in [0.3, 0.4) is 0 Å². The number of rotatable bonds is 4. The van der Waals surface area contributed by atoms with Crippen molar-refractivity contribution in [2.45, 2.75) is 145 Å². The highest BCUT2D eigenvalue weighted by atomic mass is 16.6. The lowest BCUT2D eigenvalue weighted by Gasteiger charge is -2.65. The fraction of sp³-hybridized carbons (Fsp3) is 0.780. The lowest BCUT2D eigenvalue weighted by atomic mass is 9.41. The van der Waals surface area contributed by atoms with Crippen molar-refractivity contribution in [1.29, 1.82) is 0 Å². The number of hydrogen-bond donors (Lipinski definition) is 7. The first kappa shape index (κ1) is 36.0. The molecule has 0 amide bonds. The molecule has 15 atom stereocenters. The van der Waals surface area contributed by atoms with Gasteiger partial charge in [0.1, 0.15) is 17.1 Å². The van der Waals surface area contributed by atoms with Crippen molar-refractivity contribution in [1.82, 2.24) is 0 Å². The molecule has 51 heavy (non-hydrogen) atoms. The maximum Gasteiger partial charge on any atom is 0.160 e. The molecule has 6 aliphatic carbocycles. The van der Waals surface area contributed by atoms with Crippen molar-refractivity contribution in [3.05, 3.63) is 34.9 Å². The number of benzene rings is 1. The van der Waals surface area contributed by atoms with Gasteiger partial charge >= 0.3 is 0 Å².